The highest BCUT2D eigenvalue weighted by molar-refractivity contribution is 5.85. The molecule has 0 spiro atoms. The van der Waals surface area contributed by atoms with Gasteiger partial charge in [-0.15, -0.1) is 0 Å². The number of carbonyl (C=O) groups is 1. The van der Waals surface area contributed by atoms with Crippen LogP contribution >= 0.6 is 0 Å². The molecule has 5 nitrogen and oxygen atoms in total. The van der Waals surface area contributed by atoms with Crippen LogP contribution in [0.5, 0.6) is 0 Å². The largest absolute Gasteiger partial charge is 0.356 e. The number of guanidine groups is 1. The average molecular weight is 378 g/mol. The van der Waals surface area contributed by atoms with Crippen LogP contribution in [0.15, 0.2) is 23.2 Å². The first-order chi connectivity index (χ1) is 12.9. The first kappa shape index (κ1) is 19.6. The summed E-state index contributed by atoms with van der Waals surface area (Å²) in [5.74, 6) is 1.07. The van der Waals surface area contributed by atoms with Gasteiger partial charge >= 0.3 is 0 Å². The molecule has 1 aromatic rings. The molecule has 1 amide bonds. The van der Waals surface area contributed by atoms with E-state index in [9.17, 15) is 13.6 Å². The molecule has 2 N–H and O–H groups in total. The zero-order chi connectivity index (χ0) is 19.4. The van der Waals surface area contributed by atoms with Crippen molar-refractivity contribution >= 4 is 11.9 Å². The predicted octanol–water partition coefficient (Wildman–Crippen LogP) is 2.32. The second kappa shape index (κ2) is 8.67. The lowest BCUT2D eigenvalue weighted by atomic mass is 9.95. The van der Waals surface area contributed by atoms with E-state index in [-0.39, 0.29) is 12.5 Å². The maximum atomic E-state index is 13.8. The Labute approximate surface area is 159 Å². The molecule has 148 valence electrons. The van der Waals surface area contributed by atoms with Crippen LogP contribution in [0.3, 0.4) is 0 Å². The van der Waals surface area contributed by atoms with E-state index in [1.54, 1.807) is 14.1 Å². The first-order valence-corrected chi connectivity index (χ1v) is 9.61. The lowest BCUT2D eigenvalue weighted by Crippen LogP contribution is -2.46. The van der Waals surface area contributed by atoms with Crippen molar-refractivity contribution in [1.29, 1.82) is 0 Å². The summed E-state index contributed by atoms with van der Waals surface area (Å²) < 4.78 is 27.1. The number of amides is 1. The van der Waals surface area contributed by atoms with E-state index in [1.807, 2.05) is 0 Å². The third-order valence-electron chi connectivity index (χ3n) is 5.63. The highest BCUT2D eigenvalue weighted by Gasteiger charge is 2.39. The molecule has 0 aromatic heterocycles. The highest BCUT2D eigenvalue weighted by Crippen LogP contribution is 2.44. The molecule has 2 fully saturated rings. The van der Waals surface area contributed by atoms with Crippen molar-refractivity contribution in [2.75, 3.05) is 27.2 Å². The van der Waals surface area contributed by atoms with Crippen LogP contribution in [0.1, 0.15) is 31.2 Å². The van der Waals surface area contributed by atoms with Crippen molar-refractivity contribution in [2.45, 2.75) is 38.1 Å². The van der Waals surface area contributed by atoms with E-state index >= 15 is 0 Å². The molecule has 3 unspecified atom stereocenters. The third kappa shape index (κ3) is 5.17. The van der Waals surface area contributed by atoms with Crippen molar-refractivity contribution < 1.29 is 13.6 Å². The van der Waals surface area contributed by atoms with Gasteiger partial charge in [0.05, 0.1) is 0 Å². The van der Waals surface area contributed by atoms with Gasteiger partial charge in [-0.1, -0.05) is 6.42 Å². The van der Waals surface area contributed by atoms with Gasteiger partial charge in [-0.25, -0.2) is 13.8 Å². The summed E-state index contributed by atoms with van der Waals surface area (Å²) in [7, 11) is 3.39. The van der Waals surface area contributed by atoms with Crippen LogP contribution in [-0.2, 0) is 11.2 Å². The smallest absolute Gasteiger partial charge is 0.243 e. The Morgan fingerprint density at radius 3 is 2.74 bits per heavy atom. The molecule has 1 aromatic carbocycles. The number of halogens is 2. The fraction of sp³-hybridized carbons (Fsp3) is 0.600. The van der Waals surface area contributed by atoms with Gasteiger partial charge in [0.15, 0.2) is 5.96 Å². The highest BCUT2D eigenvalue weighted by atomic mass is 19.1. The summed E-state index contributed by atoms with van der Waals surface area (Å²) in [5.41, 5.74) is 0.325. The molecule has 2 saturated carbocycles. The number of hydrogen-bond acceptors (Lipinski definition) is 2. The van der Waals surface area contributed by atoms with Gasteiger partial charge < -0.3 is 15.5 Å². The van der Waals surface area contributed by atoms with E-state index in [0.717, 1.165) is 24.5 Å². The third-order valence-corrected chi connectivity index (χ3v) is 5.63. The van der Waals surface area contributed by atoms with Gasteiger partial charge in [-0.05, 0) is 61.3 Å². The number of carbonyl (C=O) groups excluding carboxylic acids is 1. The zero-order valence-electron chi connectivity index (χ0n) is 16.0. The summed E-state index contributed by atoms with van der Waals surface area (Å²) in [4.78, 5) is 17.8. The minimum atomic E-state index is -0.447. The molecular weight excluding hydrogens is 350 g/mol. The molecule has 7 heteroatoms. The summed E-state index contributed by atoms with van der Waals surface area (Å²) in [6.07, 6.45) is 5.27. The Morgan fingerprint density at radius 1 is 1.26 bits per heavy atom. The molecule has 0 heterocycles. The Hall–Kier alpha value is -2.18. The molecule has 2 aliphatic rings. The molecule has 0 saturated heterocycles. The molecule has 0 aliphatic heterocycles. The summed E-state index contributed by atoms with van der Waals surface area (Å²) >= 11 is 0. The second-order valence-electron chi connectivity index (χ2n) is 7.79. The monoisotopic (exact) mass is 378 g/mol. The number of nitrogens with zero attached hydrogens (tertiary/aromatic N) is 2. The van der Waals surface area contributed by atoms with Crippen LogP contribution in [0.4, 0.5) is 8.78 Å². The second-order valence-corrected chi connectivity index (χ2v) is 7.79. The van der Waals surface area contributed by atoms with Gasteiger partial charge in [0.25, 0.3) is 0 Å². The van der Waals surface area contributed by atoms with E-state index in [0.29, 0.717) is 36.4 Å². The van der Waals surface area contributed by atoms with Crippen LogP contribution in [0.25, 0.3) is 0 Å². The molecule has 3 rings (SSSR count). The van der Waals surface area contributed by atoms with Crippen molar-refractivity contribution in [1.82, 2.24) is 15.5 Å². The van der Waals surface area contributed by atoms with E-state index in [2.05, 4.69) is 15.6 Å². The maximum Gasteiger partial charge on any atom is 0.243 e. The van der Waals surface area contributed by atoms with Crippen molar-refractivity contribution in [3.05, 3.63) is 35.4 Å². The van der Waals surface area contributed by atoms with Crippen molar-refractivity contribution in [3.63, 3.8) is 0 Å². The zero-order valence-corrected chi connectivity index (χ0v) is 16.0. The molecule has 3 atom stereocenters. The van der Waals surface area contributed by atoms with Crippen LogP contribution in [-0.4, -0.2) is 50.0 Å². The predicted molar refractivity (Wildman–Crippen MR) is 101 cm³/mol. The quantitative estimate of drug-likeness (QED) is 0.590. The maximum absolute atomic E-state index is 13.8. The minimum absolute atomic E-state index is 0.0531. The summed E-state index contributed by atoms with van der Waals surface area (Å²) in [5, 5.41) is 6.63. The fourth-order valence-corrected chi connectivity index (χ4v) is 4.09. The number of nitrogens with one attached hydrogen (secondary N) is 2. The van der Waals surface area contributed by atoms with Crippen LogP contribution in [0, 0.1) is 23.5 Å². The Morgan fingerprint density at radius 2 is 2.07 bits per heavy atom. The van der Waals surface area contributed by atoms with Crippen LogP contribution < -0.4 is 10.6 Å². The number of aliphatic imine (C=N–C) groups is 1. The Bertz CT molecular complexity index is 707. The first-order valence-electron chi connectivity index (χ1n) is 9.61. The van der Waals surface area contributed by atoms with Crippen LogP contribution in [0.2, 0.25) is 0 Å². The number of hydrogen-bond donors (Lipinski definition) is 2. The minimum Gasteiger partial charge on any atom is -0.356 e. The molecule has 2 aliphatic carbocycles. The SMILES string of the molecule is CN(C)C(=O)CN=C(NCCc1cc(F)ccc1F)NC1CC2CCC1C2. The molecule has 27 heavy (non-hydrogen) atoms. The number of benzene rings is 1. The van der Waals surface area contributed by atoms with E-state index < -0.39 is 11.6 Å². The van der Waals surface area contributed by atoms with Crippen molar-refractivity contribution in [2.24, 2.45) is 16.8 Å². The van der Waals surface area contributed by atoms with Crippen molar-refractivity contribution in [3.8, 4) is 0 Å². The number of rotatable bonds is 6. The topological polar surface area (TPSA) is 56.7 Å². The molecular formula is C20H28F2N4O. The van der Waals surface area contributed by atoms with Gasteiger partial charge in [0, 0.05) is 26.7 Å². The average Bonchev–Trinajstić information content (AvgIpc) is 3.25. The lowest BCUT2D eigenvalue weighted by Gasteiger charge is -2.25. The van der Waals surface area contributed by atoms with E-state index in [4.69, 9.17) is 0 Å². The standard InChI is InChI=1S/C20H28F2N4O/c1-26(2)19(27)12-24-20(25-18-10-13-3-4-15(18)9-13)23-8-7-14-11-16(21)5-6-17(14)22/h5-6,11,13,15,18H,3-4,7-10,12H2,1-2H3,(H2,23,24,25). The molecule has 0 radical (unpaired) electrons. The summed E-state index contributed by atoms with van der Waals surface area (Å²) in [6, 6.07) is 3.84. The van der Waals surface area contributed by atoms with E-state index in [1.165, 1.54) is 30.2 Å². The lowest BCUT2D eigenvalue weighted by molar-refractivity contribution is -0.127. The number of fused-ring (bicyclic) bond motifs is 2. The van der Waals surface area contributed by atoms with Gasteiger partial charge in [0.1, 0.15) is 18.2 Å². The molecule has 2 bridgehead atoms. The normalized spacial score (nSPS) is 24.1. The Balaban J connectivity index is 1.59. The number of likely N-dealkylation sites (N-methyl/N-ethyl adjacent to an activating group) is 1. The van der Waals surface area contributed by atoms with Gasteiger partial charge in [-0.2, -0.15) is 0 Å². The fourth-order valence-electron chi connectivity index (χ4n) is 4.09. The Kier molecular flexibility index (Phi) is 6.29. The van der Waals surface area contributed by atoms with Gasteiger partial charge in [0.2, 0.25) is 5.91 Å². The summed E-state index contributed by atoms with van der Waals surface area (Å²) in [6.45, 7) is 0.459. The van der Waals surface area contributed by atoms with Gasteiger partial charge in [-0.3, -0.25) is 4.79 Å².